The summed E-state index contributed by atoms with van der Waals surface area (Å²) in [5.74, 6) is 0.392. The van der Waals surface area contributed by atoms with Crippen LogP contribution in [0.5, 0.6) is 0 Å². The molecule has 1 aromatic heterocycles. The molecule has 23 heavy (non-hydrogen) atoms. The van der Waals surface area contributed by atoms with Gasteiger partial charge in [-0.15, -0.1) is 0 Å². The molecule has 120 valence electrons. The van der Waals surface area contributed by atoms with E-state index in [4.69, 9.17) is 4.74 Å². The monoisotopic (exact) mass is 313 g/mol. The van der Waals surface area contributed by atoms with E-state index in [9.17, 15) is 9.59 Å². The van der Waals surface area contributed by atoms with E-state index in [1.54, 1.807) is 49.7 Å². The van der Waals surface area contributed by atoms with Crippen LogP contribution in [0.1, 0.15) is 27.6 Å². The normalized spacial score (nSPS) is 10.2. The number of methoxy groups -OCH3 is 1. The van der Waals surface area contributed by atoms with Crippen molar-refractivity contribution in [3.63, 3.8) is 0 Å². The SMILES string of the molecule is COCCNC(=O)c1ccnc(Nc2ccc(C(C)=O)cc2)c1. The van der Waals surface area contributed by atoms with Crippen molar-refractivity contribution in [3.8, 4) is 0 Å². The number of carbonyl (C=O) groups excluding carboxylic acids is 2. The number of aromatic nitrogens is 1. The van der Waals surface area contributed by atoms with E-state index >= 15 is 0 Å². The summed E-state index contributed by atoms with van der Waals surface area (Å²) in [5.41, 5.74) is 1.95. The molecule has 1 aromatic carbocycles. The first-order valence-electron chi connectivity index (χ1n) is 7.21. The first-order chi connectivity index (χ1) is 11.1. The predicted octanol–water partition coefficient (Wildman–Crippen LogP) is 2.40. The maximum atomic E-state index is 12.0. The summed E-state index contributed by atoms with van der Waals surface area (Å²) in [7, 11) is 1.58. The summed E-state index contributed by atoms with van der Waals surface area (Å²) in [5, 5.41) is 5.86. The fourth-order valence-electron chi connectivity index (χ4n) is 1.94. The fourth-order valence-corrected chi connectivity index (χ4v) is 1.94. The van der Waals surface area contributed by atoms with Crippen molar-refractivity contribution in [2.45, 2.75) is 6.92 Å². The molecule has 1 amide bonds. The molecule has 0 saturated carbocycles. The molecule has 2 rings (SSSR count). The first kappa shape index (κ1) is 16.6. The molecule has 0 spiro atoms. The smallest absolute Gasteiger partial charge is 0.251 e. The van der Waals surface area contributed by atoms with Crippen LogP contribution in [0.25, 0.3) is 0 Å². The maximum absolute atomic E-state index is 12.0. The number of hydrogen-bond acceptors (Lipinski definition) is 5. The standard InChI is InChI=1S/C17H19N3O3/c1-12(21)13-3-5-15(6-4-13)20-16-11-14(7-8-18-16)17(22)19-9-10-23-2/h3-8,11H,9-10H2,1-2H3,(H,18,20)(H,19,22). The first-order valence-corrected chi connectivity index (χ1v) is 7.21. The highest BCUT2D eigenvalue weighted by molar-refractivity contribution is 5.95. The van der Waals surface area contributed by atoms with Gasteiger partial charge in [0.15, 0.2) is 5.78 Å². The summed E-state index contributed by atoms with van der Waals surface area (Å²) < 4.78 is 4.89. The number of ether oxygens (including phenoxy) is 1. The minimum absolute atomic E-state index is 0.0180. The lowest BCUT2D eigenvalue weighted by molar-refractivity contribution is 0.0936. The van der Waals surface area contributed by atoms with Crippen molar-refractivity contribution in [3.05, 3.63) is 53.7 Å². The van der Waals surface area contributed by atoms with E-state index in [-0.39, 0.29) is 11.7 Å². The largest absolute Gasteiger partial charge is 0.383 e. The Morgan fingerprint density at radius 3 is 2.52 bits per heavy atom. The van der Waals surface area contributed by atoms with Crippen LogP contribution in [0.3, 0.4) is 0 Å². The molecule has 2 N–H and O–H groups in total. The summed E-state index contributed by atoms with van der Waals surface area (Å²) >= 11 is 0. The Labute approximate surface area is 134 Å². The molecule has 6 heteroatoms. The Kier molecular flexibility index (Phi) is 5.82. The van der Waals surface area contributed by atoms with Crippen molar-refractivity contribution in [1.29, 1.82) is 0 Å². The molecule has 0 unspecified atom stereocenters. The molecular formula is C17H19N3O3. The predicted molar refractivity (Wildman–Crippen MR) is 88.2 cm³/mol. The van der Waals surface area contributed by atoms with Crippen LogP contribution >= 0.6 is 0 Å². The third-order valence-corrected chi connectivity index (χ3v) is 3.18. The number of ketones is 1. The van der Waals surface area contributed by atoms with E-state index < -0.39 is 0 Å². The number of rotatable bonds is 7. The van der Waals surface area contributed by atoms with Gasteiger partial charge in [0, 0.05) is 36.7 Å². The van der Waals surface area contributed by atoms with Crippen LogP contribution in [0, 0.1) is 0 Å². The Morgan fingerprint density at radius 1 is 1.13 bits per heavy atom. The van der Waals surface area contributed by atoms with Gasteiger partial charge in [0.05, 0.1) is 6.61 Å². The molecule has 2 aromatic rings. The van der Waals surface area contributed by atoms with E-state index in [2.05, 4.69) is 15.6 Å². The molecule has 0 aliphatic carbocycles. The molecule has 0 aliphatic heterocycles. The van der Waals surface area contributed by atoms with Gasteiger partial charge in [-0.1, -0.05) is 0 Å². The second kappa shape index (κ2) is 8.05. The van der Waals surface area contributed by atoms with Crippen molar-refractivity contribution in [2.75, 3.05) is 25.6 Å². The Morgan fingerprint density at radius 2 is 1.87 bits per heavy atom. The van der Waals surface area contributed by atoms with E-state index in [0.29, 0.717) is 30.1 Å². The number of carbonyl (C=O) groups is 2. The molecule has 0 aliphatic rings. The quantitative estimate of drug-likeness (QED) is 0.606. The molecule has 0 atom stereocenters. The molecular weight excluding hydrogens is 294 g/mol. The van der Waals surface area contributed by atoms with Crippen molar-refractivity contribution >= 4 is 23.2 Å². The van der Waals surface area contributed by atoms with Gasteiger partial charge >= 0.3 is 0 Å². The second-order valence-electron chi connectivity index (χ2n) is 4.94. The maximum Gasteiger partial charge on any atom is 0.251 e. The van der Waals surface area contributed by atoms with Crippen LogP contribution in [-0.2, 0) is 4.74 Å². The van der Waals surface area contributed by atoms with Crippen LogP contribution in [0.4, 0.5) is 11.5 Å². The Bertz CT molecular complexity index is 684. The lowest BCUT2D eigenvalue weighted by Crippen LogP contribution is -2.26. The van der Waals surface area contributed by atoms with Gasteiger partial charge in [-0.05, 0) is 43.3 Å². The van der Waals surface area contributed by atoms with Crippen LogP contribution in [0.15, 0.2) is 42.6 Å². The number of hydrogen-bond donors (Lipinski definition) is 2. The lowest BCUT2D eigenvalue weighted by Gasteiger charge is -2.08. The summed E-state index contributed by atoms with van der Waals surface area (Å²) in [6.45, 7) is 2.44. The molecule has 0 saturated heterocycles. The molecule has 0 radical (unpaired) electrons. The van der Waals surface area contributed by atoms with Crippen LogP contribution in [-0.4, -0.2) is 36.9 Å². The second-order valence-corrected chi connectivity index (χ2v) is 4.94. The van der Waals surface area contributed by atoms with Gasteiger partial charge in [-0.3, -0.25) is 9.59 Å². The average Bonchev–Trinajstić information content (AvgIpc) is 2.56. The number of benzene rings is 1. The number of anilines is 2. The minimum Gasteiger partial charge on any atom is -0.383 e. The zero-order chi connectivity index (χ0) is 16.7. The number of pyridine rings is 1. The number of Topliss-reactive ketones (excluding diaryl/α,β-unsaturated/α-hetero) is 1. The third-order valence-electron chi connectivity index (χ3n) is 3.18. The van der Waals surface area contributed by atoms with E-state index in [0.717, 1.165) is 5.69 Å². The molecule has 6 nitrogen and oxygen atoms in total. The highest BCUT2D eigenvalue weighted by Crippen LogP contribution is 2.16. The summed E-state index contributed by atoms with van der Waals surface area (Å²) in [4.78, 5) is 27.4. The Balaban J connectivity index is 2.04. The van der Waals surface area contributed by atoms with Crippen LogP contribution in [0.2, 0.25) is 0 Å². The molecule has 1 heterocycles. The fraction of sp³-hybridized carbons (Fsp3) is 0.235. The van der Waals surface area contributed by atoms with Gasteiger partial charge in [0.2, 0.25) is 0 Å². The highest BCUT2D eigenvalue weighted by atomic mass is 16.5. The number of amides is 1. The van der Waals surface area contributed by atoms with Gasteiger partial charge in [-0.25, -0.2) is 4.98 Å². The van der Waals surface area contributed by atoms with Gasteiger partial charge in [0.25, 0.3) is 5.91 Å². The Hall–Kier alpha value is -2.73. The topological polar surface area (TPSA) is 80.3 Å². The summed E-state index contributed by atoms with van der Waals surface area (Å²) in [6, 6.07) is 10.4. The van der Waals surface area contributed by atoms with Crippen LogP contribution < -0.4 is 10.6 Å². The van der Waals surface area contributed by atoms with Crippen molar-refractivity contribution in [2.24, 2.45) is 0 Å². The van der Waals surface area contributed by atoms with Gasteiger partial charge in [0.1, 0.15) is 5.82 Å². The molecule has 0 fully saturated rings. The lowest BCUT2D eigenvalue weighted by atomic mass is 10.1. The average molecular weight is 313 g/mol. The van der Waals surface area contributed by atoms with E-state index in [1.165, 1.54) is 6.92 Å². The number of nitrogens with one attached hydrogen (secondary N) is 2. The van der Waals surface area contributed by atoms with Gasteiger partial charge < -0.3 is 15.4 Å². The number of nitrogens with zero attached hydrogens (tertiary/aromatic N) is 1. The highest BCUT2D eigenvalue weighted by Gasteiger charge is 2.07. The van der Waals surface area contributed by atoms with Crippen molar-refractivity contribution in [1.82, 2.24) is 10.3 Å². The van der Waals surface area contributed by atoms with E-state index in [1.807, 2.05) is 0 Å². The third kappa shape index (κ3) is 4.89. The van der Waals surface area contributed by atoms with Gasteiger partial charge in [-0.2, -0.15) is 0 Å². The minimum atomic E-state index is -0.181. The zero-order valence-corrected chi connectivity index (χ0v) is 13.1. The summed E-state index contributed by atoms with van der Waals surface area (Å²) in [6.07, 6.45) is 1.57. The van der Waals surface area contributed by atoms with Crippen molar-refractivity contribution < 1.29 is 14.3 Å². The molecule has 0 bridgehead atoms. The zero-order valence-electron chi connectivity index (χ0n) is 13.1.